The number of aromatic nitrogens is 1. The van der Waals surface area contributed by atoms with Crippen LogP contribution in [-0.2, 0) is 6.42 Å². The van der Waals surface area contributed by atoms with Crippen molar-refractivity contribution in [1.29, 1.82) is 0 Å². The maximum atomic E-state index is 4.39. The van der Waals surface area contributed by atoms with Crippen LogP contribution < -0.4 is 5.32 Å². The minimum absolute atomic E-state index is 0. The molecule has 0 amide bonds. The van der Waals surface area contributed by atoms with Crippen LogP contribution in [0.3, 0.4) is 0 Å². The van der Waals surface area contributed by atoms with Gasteiger partial charge in [-0.25, -0.2) is 0 Å². The monoisotopic (exact) mass is 412 g/mol. The molecule has 1 aliphatic heterocycles. The molecule has 0 aliphatic carbocycles. The molecule has 3 rings (SSSR count). The quantitative estimate of drug-likeness (QED) is 0.462. The summed E-state index contributed by atoms with van der Waals surface area (Å²) in [4.78, 5) is 10.1. The molecule has 1 aromatic heterocycles. The van der Waals surface area contributed by atoms with Crippen LogP contribution in [0.5, 0.6) is 0 Å². The molecule has 2 heterocycles. The highest BCUT2D eigenvalue weighted by Gasteiger charge is 2.15. The summed E-state index contributed by atoms with van der Waals surface area (Å²) in [7, 11) is 1.87. The molecule has 0 atom stereocenters. The average Bonchev–Trinajstić information content (AvgIpc) is 3.13. The van der Waals surface area contributed by atoms with Crippen molar-refractivity contribution in [3.8, 4) is 0 Å². The molecule has 0 bridgehead atoms. The number of nitrogens with one attached hydrogen (secondary N) is 2. The van der Waals surface area contributed by atoms with Gasteiger partial charge in [0.2, 0.25) is 0 Å². The Hall–Kier alpha value is -1.24. The Morgan fingerprint density at radius 3 is 2.82 bits per heavy atom. The molecule has 2 aromatic rings. The average molecular weight is 412 g/mol. The summed E-state index contributed by atoms with van der Waals surface area (Å²) in [6, 6.07) is 6.59. The summed E-state index contributed by atoms with van der Waals surface area (Å²) in [5.41, 5.74) is 3.90. The number of guanidine groups is 1. The Bertz CT molecular complexity index is 641. The molecule has 1 fully saturated rings. The Kier molecular flexibility index (Phi) is 6.11. The van der Waals surface area contributed by atoms with Crippen molar-refractivity contribution in [2.45, 2.75) is 26.2 Å². The summed E-state index contributed by atoms with van der Waals surface area (Å²) >= 11 is 0. The minimum atomic E-state index is 0. The molecule has 120 valence electrons. The first-order valence-electron chi connectivity index (χ1n) is 7.80. The van der Waals surface area contributed by atoms with E-state index in [1.165, 1.54) is 34.9 Å². The first-order chi connectivity index (χ1) is 10.3. The summed E-state index contributed by atoms with van der Waals surface area (Å²) < 4.78 is 0. The van der Waals surface area contributed by atoms with Gasteiger partial charge in [0.1, 0.15) is 0 Å². The number of rotatable bonds is 3. The van der Waals surface area contributed by atoms with Crippen LogP contribution in [0.2, 0.25) is 0 Å². The normalized spacial score (nSPS) is 15.2. The van der Waals surface area contributed by atoms with E-state index >= 15 is 0 Å². The number of hydrogen-bond donors (Lipinski definition) is 2. The van der Waals surface area contributed by atoms with E-state index in [-0.39, 0.29) is 24.0 Å². The van der Waals surface area contributed by atoms with Crippen LogP contribution in [0.15, 0.2) is 29.4 Å². The molecule has 0 saturated carbocycles. The van der Waals surface area contributed by atoms with Gasteiger partial charge in [0.25, 0.3) is 0 Å². The zero-order chi connectivity index (χ0) is 14.7. The number of aliphatic imine (C=N–C) groups is 1. The van der Waals surface area contributed by atoms with Gasteiger partial charge in [0.05, 0.1) is 0 Å². The zero-order valence-corrected chi connectivity index (χ0v) is 15.7. The maximum Gasteiger partial charge on any atom is 0.193 e. The highest BCUT2D eigenvalue weighted by molar-refractivity contribution is 14.0. The van der Waals surface area contributed by atoms with E-state index in [1.807, 2.05) is 7.05 Å². The molecule has 1 saturated heterocycles. The van der Waals surface area contributed by atoms with Gasteiger partial charge in [-0.1, -0.05) is 12.1 Å². The van der Waals surface area contributed by atoms with Crippen molar-refractivity contribution in [2.75, 3.05) is 26.7 Å². The number of likely N-dealkylation sites (tertiary alicyclic amines) is 1. The van der Waals surface area contributed by atoms with Crippen LogP contribution in [0.25, 0.3) is 10.9 Å². The first-order valence-corrected chi connectivity index (χ1v) is 7.80. The molecule has 4 nitrogen and oxygen atoms in total. The molecule has 1 aliphatic rings. The highest BCUT2D eigenvalue weighted by atomic mass is 127. The van der Waals surface area contributed by atoms with Crippen molar-refractivity contribution in [1.82, 2.24) is 15.2 Å². The number of fused-ring (bicyclic) bond motifs is 1. The first kappa shape index (κ1) is 17.1. The lowest BCUT2D eigenvalue weighted by molar-refractivity contribution is 0.494. The molecule has 2 N–H and O–H groups in total. The fourth-order valence-corrected chi connectivity index (χ4v) is 3.08. The second-order valence-corrected chi connectivity index (χ2v) is 5.78. The summed E-state index contributed by atoms with van der Waals surface area (Å²) in [6.45, 7) is 5.31. The van der Waals surface area contributed by atoms with Gasteiger partial charge in [-0.05, 0) is 43.4 Å². The molecular weight excluding hydrogens is 387 g/mol. The van der Waals surface area contributed by atoms with Gasteiger partial charge in [-0.15, -0.1) is 24.0 Å². The Morgan fingerprint density at radius 1 is 1.32 bits per heavy atom. The topological polar surface area (TPSA) is 43.4 Å². The molecule has 1 aromatic carbocycles. The van der Waals surface area contributed by atoms with E-state index in [9.17, 15) is 0 Å². The SMILES string of the molecule is CN=C(NCCc1c[nH]c2cc(C)ccc12)N1CCCC1.I. The number of benzene rings is 1. The number of hydrogen-bond acceptors (Lipinski definition) is 1. The summed E-state index contributed by atoms with van der Waals surface area (Å²) in [5, 5.41) is 4.82. The molecule has 5 heteroatoms. The van der Waals surface area contributed by atoms with Crippen molar-refractivity contribution < 1.29 is 0 Å². The van der Waals surface area contributed by atoms with Crippen molar-refractivity contribution in [2.24, 2.45) is 4.99 Å². The van der Waals surface area contributed by atoms with Crippen LogP contribution in [0, 0.1) is 6.92 Å². The zero-order valence-electron chi connectivity index (χ0n) is 13.4. The number of H-pyrrole nitrogens is 1. The van der Waals surface area contributed by atoms with E-state index in [1.54, 1.807) is 0 Å². The second kappa shape index (κ2) is 7.85. The Balaban J connectivity index is 0.00000176. The van der Waals surface area contributed by atoms with Crippen LogP contribution in [0.1, 0.15) is 24.0 Å². The van der Waals surface area contributed by atoms with Gasteiger partial charge in [-0.3, -0.25) is 4.99 Å². The van der Waals surface area contributed by atoms with E-state index in [4.69, 9.17) is 0 Å². The lowest BCUT2D eigenvalue weighted by Gasteiger charge is -2.20. The maximum absolute atomic E-state index is 4.39. The highest BCUT2D eigenvalue weighted by Crippen LogP contribution is 2.19. The third kappa shape index (κ3) is 3.74. The third-order valence-corrected chi connectivity index (χ3v) is 4.22. The smallest absolute Gasteiger partial charge is 0.193 e. The van der Waals surface area contributed by atoms with Gasteiger partial charge in [-0.2, -0.15) is 0 Å². The third-order valence-electron chi connectivity index (χ3n) is 4.22. The van der Waals surface area contributed by atoms with Crippen molar-refractivity contribution >= 4 is 40.8 Å². The molecule has 0 unspecified atom stereocenters. The molecule has 0 radical (unpaired) electrons. The van der Waals surface area contributed by atoms with Gasteiger partial charge in [0, 0.05) is 43.8 Å². The van der Waals surface area contributed by atoms with Crippen LogP contribution >= 0.6 is 24.0 Å². The lowest BCUT2D eigenvalue weighted by Crippen LogP contribution is -2.40. The van der Waals surface area contributed by atoms with E-state index in [2.05, 4.69) is 51.5 Å². The van der Waals surface area contributed by atoms with Gasteiger partial charge >= 0.3 is 0 Å². The molecule has 22 heavy (non-hydrogen) atoms. The number of aromatic amines is 1. The number of halogens is 1. The van der Waals surface area contributed by atoms with Gasteiger partial charge in [0.15, 0.2) is 5.96 Å². The largest absolute Gasteiger partial charge is 0.361 e. The predicted octanol–water partition coefficient (Wildman–Crippen LogP) is 3.31. The molecule has 0 spiro atoms. The number of aryl methyl sites for hydroxylation is 1. The minimum Gasteiger partial charge on any atom is -0.361 e. The van der Waals surface area contributed by atoms with Crippen molar-refractivity contribution in [3.05, 3.63) is 35.5 Å². The fraction of sp³-hybridized carbons (Fsp3) is 0.471. The van der Waals surface area contributed by atoms with Gasteiger partial charge < -0.3 is 15.2 Å². The van der Waals surface area contributed by atoms with Crippen LogP contribution in [-0.4, -0.2) is 42.5 Å². The Morgan fingerprint density at radius 2 is 2.09 bits per heavy atom. The Labute approximate surface area is 149 Å². The van der Waals surface area contributed by atoms with Crippen molar-refractivity contribution in [3.63, 3.8) is 0 Å². The fourth-order valence-electron chi connectivity index (χ4n) is 3.08. The standard InChI is InChI=1S/C17H24N4.HI/c1-13-5-6-15-14(12-20-16(15)11-13)7-8-19-17(18-2)21-9-3-4-10-21;/h5-6,11-12,20H,3-4,7-10H2,1-2H3,(H,18,19);1H. The van der Waals surface area contributed by atoms with Crippen LogP contribution in [0.4, 0.5) is 0 Å². The second-order valence-electron chi connectivity index (χ2n) is 5.78. The summed E-state index contributed by atoms with van der Waals surface area (Å²) in [6.07, 6.45) is 5.70. The van der Waals surface area contributed by atoms with E-state index in [0.29, 0.717) is 0 Å². The molecular formula is C17H25IN4. The number of nitrogens with zero attached hydrogens (tertiary/aromatic N) is 2. The van der Waals surface area contributed by atoms with E-state index in [0.717, 1.165) is 32.0 Å². The summed E-state index contributed by atoms with van der Waals surface area (Å²) in [5.74, 6) is 1.04. The lowest BCUT2D eigenvalue weighted by atomic mass is 10.1. The predicted molar refractivity (Wildman–Crippen MR) is 104 cm³/mol. The van der Waals surface area contributed by atoms with E-state index < -0.39 is 0 Å².